The van der Waals surface area contributed by atoms with Gasteiger partial charge in [0.1, 0.15) is 17.7 Å². The number of hydrogen-bond acceptors (Lipinski definition) is 2. The lowest BCUT2D eigenvalue weighted by atomic mass is 10.2. The minimum atomic E-state index is -0.508. The fourth-order valence-corrected chi connectivity index (χ4v) is 2.41. The summed E-state index contributed by atoms with van der Waals surface area (Å²) in [7, 11) is 0. The van der Waals surface area contributed by atoms with Crippen LogP contribution in [-0.2, 0) is 0 Å². The van der Waals surface area contributed by atoms with E-state index in [0.29, 0.717) is 15.8 Å². The molecule has 0 atom stereocenters. The number of nitrogens with zero attached hydrogens (tertiary/aromatic N) is 1. The van der Waals surface area contributed by atoms with E-state index in [9.17, 15) is 8.78 Å². The third-order valence-electron chi connectivity index (χ3n) is 2.37. The molecule has 0 heterocycles. The summed E-state index contributed by atoms with van der Waals surface area (Å²) in [5.74, 6) is -0.992. The van der Waals surface area contributed by atoms with Crippen LogP contribution in [0.5, 0.6) is 0 Å². The topological polar surface area (TPSA) is 35.8 Å². The third-order valence-corrected chi connectivity index (χ3v) is 3.29. The third kappa shape index (κ3) is 3.03. The number of nitrogens with one attached hydrogen (secondary N) is 1. The van der Waals surface area contributed by atoms with Gasteiger partial charge in [0.05, 0.1) is 22.0 Å². The lowest BCUT2D eigenvalue weighted by Crippen LogP contribution is -1.97. The van der Waals surface area contributed by atoms with Crippen LogP contribution >= 0.6 is 27.5 Å². The number of halogens is 4. The van der Waals surface area contributed by atoms with Crippen LogP contribution in [0.4, 0.5) is 20.2 Å². The first-order valence-corrected chi connectivity index (χ1v) is 6.29. The van der Waals surface area contributed by atoms with E-state index in [0.717, 1.165) is 12.1 Å². The quantitative estimate of drug-likeness (QED) is 0.833. The van der Waals surface area contributed by atoms with Crippen LogP contribution in [0, 0.1) is 23.0 Å². The summed E-state index contributed by atoms with van der Waals surface area (Å²) in [6.45, 7) is 0. The Morgan fingerprint density at radius 3 is 2.53 bits per heavy atom. The van der Waals surface area contributed by atoms with E-state index in [4.69, 9.17) is 16.9 Å². The van der Waals surface area contributed by atoms with Crippen LogP contribution in [-0.4, -0.2) is 0 Å². The van der Waals surface area contributed by atoms with Gasteiger partial charge in [-0.1, -0.05) is 11.6 Å². The van der Waals surface area contributed by atoms with E-state index < -0.39 is 11.6 Å². The normalized spacial score (nSPS) is 10.1. The van der Waals surface area contributed by atoms with Gasteiger partial charge in [-0.25, -0.2) is 8.78 Å². The standard InChI is InChI=1S/C13H6BrClF2N2/c14-10-4-9(17)5-11(15)13(10)19-12-2-1-8(16)3-7(12)6-18/h1-5,19H. The Kier molecular flexibility index (Phi) is 4.03. The van der Waals surface area contributed by atoms with Crippen LogP contribution in [0.15, 0.2) is 34.8 Å². The van der Waals surface area contributed by atoms with Crippen LogP contribution in [0.1, 0.15) is 5.56 Å². The Hall–Kier alpha value is -1.64. The zero-order valence-corrected chi connectivity index (χ0v) is 11.7. The van der Waals surface area contributed by atoms with Crippen molar-refractivity contribution in [3.05, 3.63) is 57.0 Å². The molecule has 0 aliphatic heterocycles. The lowest BCUT2D eigenvalue weighted by molar-refractivity contribution is 0.627. The molecular formula is C13H6BrClF2N2. The zero-order valence-electron chi connectivity index (χ0n) is 9.35. The molecule has 0 aliphatic carbocycles. The molecule has 96 valence electrons. The maximum Gasteiger partial charge on any atom is 0.125 e. The largest absolute Gasteiger partial charge is 0.352 e. The maximum atomic E-state index is 13.1. The fourth-order valence-electron chi connectivity index (χ4n) is 1.51. The van der Waals surface area contributed by atoms with E-state index in [1.165, 1.54) is 18.2 Å². The van der Waals surface area contributed by atoms with Gasteiger partial charge in [0, 0.05) is 4.47 Å². The minimum absolute atomic E-state index is 0.132. The van der Waals surface area contributed by atoms with Crippen molar-refractivity contribution < 1.29 is 8.78 Å². The van der Waals surface area contributed by atoms with E-state index in [1.54, 1.807) is 0 Å². The van der Waals surface area contributed by atoms with Gasteiger partial charge < -0.3 is 5.32 Å². The molecule has 0 aliphatic rings. The molecule has 0 spiro atoms. The number of nitriles is 1. The summed E-state index contributed by atoms with van der Waals surface area (Å²) in [6, 6.07) is 7.99. The molecule has 0 amide bonds. The maximum absolute atomic E-state index is 13.1. The SMILES string of the molecule is N#Cc1cc(F)ccc1Nc1c(Cl)cc(F)cc1Br. The van der Waals surface area contributed by atoms with Crippen molar-refractivity contribution in [2.45, 2.75) is 0 Å². The molecule has 0 saturated heterocycles. The molecule has 0 aromatic heterocycles. The van der Waals surface area contributed by atoms with E-state index in [-0.39, 0.29) is 10.6 Å². The van der Waals surface area contributed by atoms with Crippen LogP contribution in [0.25, 0.3) is 0 Å². The lowest BCUT2D eigenvalue weighted by Gasteiger charge is -2.12. The summed E-state index contributed by atoms with van der Waals surface area (Å²) in [5.41, 5.74) is 0.927. The number of benzene rings is 2. The van der Waals surface area contributed by atoms with Crippen molar-refractivity contribution in [1.29, 1.82) is 5.26 Å². The van der Waals surface area contributed by atoms with Gasteiger partial charge in [-0.05, 0) is 46.3 Å². The van der Waals surface area contributed by atoms with E-state index in [2.05, 4.69) is 21.2 Å². The fraction of sp³-hybridized carbons (Fsp3) is 0. The van der Waals surface area contributed by atoms with Crippen LogP contribution in [0.3, 0.4) is 0 Å². The van der Waals surface area contributed by atoms with Gasteiger partial charge in [0.15, 0.2) is 0 Å². The van der Waals surface area contributed by atoms with Gasteiger partial charge >= 0.3 is 0 Å². The smallest absolute Gasteiger partial charge is 0.125 e. The van der Waals surface area contributed by atoms with Gasteiger partial charge in [-0.2, -0.15) is 5.26 Å². The molecule has 6 heteroatoms. The number of hydrogen-bond donors (Lipinski definition) is 1. The molecule has 0 fully saturated rings. The summed E-state index contributed by atoms with van der Waals surface area (Å²) in [4.78, 5) is 0. The second-order valence-corrected chi connectivity index (χ2v) is 4.93. The van der Waals surface area contributed by atoms with Crippen molar-refractivity contribution in [1.82, 2.24) is 0 Å². The average molecular weight is 344 g/mol. The van der Waals surface area contributed by atoms with Crippen LogP contribution < -0.4 is 5.32 Å². The van der Waals surface area contributed by atoms with Gasteiger partial charge in [0.2, 0.25) is 0 Å². The summed E-state index contributed by atoms with van der Waals surface area (Å²) in [6.07, 6.45) is 0. The minimum Gasteiger partial charge on any atom is -0.352 e. The van der Waals surface area contributed by atoms with Crippen molar-refractivity contribution in [3.8, 4) is 6.07 Å². The molecule has 2 nitrogen and oxygen atoms in total. The second-order valence-electron chi connectivity index (χ2n) is 3.67. The Balaban J connectivity index is 2.45. The van der Waals surface area contributed by atoms with Gasteiger partial charge in [-0.15, -0.1) is 0 Å². The summed E-state index contributed by atoms with van der Waals surface area (Å²) < 4.78 is 26.5. The van der Waals surface area contributed by atoms with Crippen molar-refractivity contribution >= 4 is 38.9 Å². The predicted octanol–water partition coefficient (Wildman–Crippen LogP) is 5.00. The van der Waals surface area contributed by atoms with Gasteiger partial charge in [0.25, 0.3) is 0 Å². The Bertz CT molecular complexity index is 660. The first kappa shape index (κ1) is 13.8. The summed E-state index contributed by atoms with van der Waals surface area (Å²) in [5, 5.41) is 12.0. The molecule has 2 aromatic carbocycles. The zero-order chi connectivity index (χ0) is 14.0. The number of rotatable bonds is 2. The Morgan fingerprint density at radius 2 is 1.89 bits per heavy atom. The Labute approximate surface area is 121 Å². The molecule has 2 aromatic rings. The molecular weight excluding hydrogens is 338 g/mol. The highest BCUT2D eigenvalue weighted by Crippen LogP contribution is 2.34. The average Bonchev–Trinajstić information content (AvgIpc) is 2.35. The molecule has 2 rings (SSSR count). The highest BCUT2D eigenvalue weighted by molar-refractivity contribution is 9.10. The first-order valence-electron chi connectivity index (χ1n) is 5.12. The molecule has 1 N–H and O–H groups in total. The van der Waals surface area contributed by atoms with Crippen molar-refractivity contribution in [3.63, 3.8) is 0 Å². The van der Waals surface area contributed by atoms with Crippen molar-refractivity contribution in [2.24, 2.45) is 0 Å². The molecule has 0 bridgehead atoms. The highest BCUT2D eigenvalue weighted by Gasteiger charge is 2.11. The van der Waals surface area contributed by atoms with Crippen LogP contribution in [0.2, 0.25) is 5.02 Å². The first-order chi connectivity index (χ1) is 9.01. The molecule has 0 radical (unpaired) electrons. The highest BCUT2D eigenvalue weighted by atomic mass is 79.9. The van der Waals surface area contributed by atoms with E-state index >= 15 is 0 Å². The molecule has 19 heavy (non-hydrogen) atoms. The number of anilines is 2. The molecule has 0 saturated carbocycles. The molecule has 0 unspecified atom stereocenters. The predicted molar refractivity (Wildman–Crippen MR) is 73.5 cm³/mol. The van der Waals surface area contributed by atoms with E-state index in [1.807, 2.05) is 6.07 Å². The Morgan fingerprint density at radius 1 is 1.16 bits per heavy atom. The van der Waals surface area contributed by atoms with Gasteiger partial charge in [-0.3, -0.25) is 0 Å². The monoisotopic (exact) mass is 342 g/mol. The second kappa shape index (κ2) is 5.55. The van der Waals surface area contributed by atoms with Crippen molar-refractivity contribution in [2.75, 3.05) is 5.32 Å². The summed E-state index contributed by atoms with van der Waals surface area (Å²) >= 11 is 9.09.